The van der Waals surface area contributed by atoms with Crippen LogP contribution in [0.5, 0.6) is 5.75 Å². The molecule has 1 N–H and O–H groups in total. The van der Waals surface area contributed by atoms with Gasteiger partial charge in [-0.25, -0.2) is 4.39 Å². The van der Waals surface area contributed by atoms with E-state index in [0.717, 1.165) is 22.6 Å². The van der Waals surface area contributed by atoms with E-state index in [0.29, 0.717) is 10.6 Å². The van der Waals surface area contributed by atoms with Gasteiger partial charge in [0.15, 0.2) is 0 Å². The zero-order valence-corrected chi connectivity index (χ0v) is 15.9. The molecule has 0 fully saturated rings. The Morgan fingerprint density at radius 1 is 1.07 bits per heavy atom. The van der Waals surface area contributed by atoms with E-state index in [1.54, 1.807) is 19.2 Å². The highest BCUT2D eigenvalue weighted by atomic mass is 32.1. The lowest BCUT2D eigenvalue weighted by Gasteiger charge is -2.11. The standard InChI is InChI=1S/C22H17FN2O2S/c1-27-18-9-7-15(8-10-18)19-14-28-21(20(19)25-11-2-3-12-25)22(26)24-17-6-4-5-16(23)13-17/h2-14H,1H3,(H,24,26). The molecule has 4 rings (SSSR count). The number of carbonyl (C=O) groups excluding carboxylic acids is 1. The van der Waals surface area contributed by atoms with E-state index < -0.39 is 5.82 Å². The molecule has 0 spiro atoms. The number of anilines is 1. The lowest BCUT2D eigenvalue weighted by atomic mass is 10.1. The van der Waals surface area contributed by atoms with Gasteiger partial charge in [-0.2, -0.15) is 0 Å². The fourth-order valence-corrected chi connectivity index (χ4v) is 3.95. The van der Waals surface area contributed by atoms with E-state index in [4.69, 9.17) is 4.74 Å². The maximum atomic E-state index is 13.4. The zero-order valence-electron chi connectivity index (χ0n) is 15.1. The molecule has 6 heteroatoms. The van der Waals surface area contributed by atoms with E-state index >= 15 is 0 Å². The summed E-state index contributed by atoms with van der Waals surface area (Å²) in [6.07, 6.45) is 3.79. The number of hydrogen-bond acceptors (Lipinski definition) is 3. The van der Waals surface area contributed by atoms with Gasteiger partial charge in [-0.1, -0.05) is 18.2 Å². The third kappa shape index (κ3) is 3.54. The lowest BCUT2D eigenvalue weighted by Crippen LogP contribution is -2.13. The number of hydrogen-bond donors (Lipinski definition) is 1. The molecule has 0 aliphatic carbocycles. The van der Waals surface area contributed by atoms with Gasteiger partial charge in [0, 0.05) is 29.0 Å². The van der Waals surface area contributed by atoms with E-state index in [-0.39, 0.29) is 5.91 Å². The number of thiophene rings is 1. The second-order valence-corrected chi connectivity index (χ2v) is 6.99. The minimum atomic E-state index is -0.395. The summed E-state index contributed by atoms with van der Waals surface area (Å²) in [6.45, 7) is 0. The Balaban J connectivity index is 1.75. The van der Waals surface area contributed by atoms with E-state index in [1.807, 2.05) is 58.7 Å². The third-order valence-electron chi connectivity index (χ3n) is 4.32. The van der Waals surface area contributed by atoms with Crippen molar-refractivity contribution >= 4 is 22.9 Å². The predicted molar refractivity (Wildman–Crippen MR) is 110 cm³/mol. The van der Waals surface area contributed by atoms with Crippen LogP contribution in [0.3, 0.4) is 0 Å². The summed E-state index contributed by atoms with van der Waals surface area (Å²) < 4.78 is 20.6. The van der Waals surface area contributed by atoms with Gasteiger partial charge in [0.1, 0.15) is 16.4 Å². The van der Waals surface area contributed by atoms with Crippen molar-refractivity contribution in [3.63, 3.8) is 0 Å². The monoisotopic (exact) mass is 392 g/mol. The van der Waals surface area contributed by atoms with Crippen molar-refractivity contribution < 1.29 is 13.9 Å². The normalized spacial score (nSPS) is 10.6. The van der Waals surface area contributed by atoms with Crippen LogP contribution >= 0.6 is 11.3 Å². The first-order valence-electron chi connectivity index (χ1n) is 8.62. The van der Waals surface area contributed by atoms with Crippen LogP contribution in [0.1, 0.15) is 9.67 Å². The molecular formula is C22H17FN2O2S. The number of halogens is 1. The first-order valence-corrected chi connectivity index (χ1v) is 9.50. The Bertz CT molecular complexity index is 1100. The highest BCUT2D eigenvalue weighted by Gasteiger charge is 2.20. The van der Waals surface area contributed by atoms with Gasteiger partial charge in [-0.3, -0.25) is 4.79 Å². The first kappa shape index (κ1) is 18.0. The van der Waals surface area contributed by atoms with Gasteiger partial charge < -0.3 is 14.6 Å². The van der Waals surface area contributed by atoms with Crippen LogP contribution in [-0.2, 0) is 0 Å². The second-order valence-electron chi connectivity index (χ2n) is 6.11. The molecule has 0 aliphatic rings. The van der Waals surface area contributed by atoms with Crippen LogP contribution in [-0.4, -0.2) is 17.6 Å². The summed E-state index contributed by atoms with van der Waals surface area (Å²) >= 11 is 1.35. The Morgan fingerprint density at radius 3 is 2.50 bits per heavy atom. The van der Waals surface area contributed by atoms with Crippen molar-refractivity contribution in [1.29, 1.82) is 0 Å². The largest absolute Gasteiger partial charge is 0.497 e. The molecule has 140 valence electrons. The van der Waals surface area contributed by atoms with Gasteiger partial charge in [-0.05, 0) is 48.0 Å². The summed E-state index contributed by atoms with van der Waals surface area (Å²) in [5.74, 6) is 0.0955. The topological polar surface area (TPSA) is 43.3 Å². The number of benzene rings is 2. The molecule has 0 unspecified atom stereocenters. The minimum absolute atomic E-state index is 0.279. The number of ether oxygens (including phenoxy) is 1. The summed E-state index contributed by atoms with van der Waals surface area (Å²) in [5.41, 5.74) is 3.12. The molecule has 0 saturated heterocycles. The molecule has 0 aliphatic heterocycles. The molecule has 2 heterocycles. The average Bonchev–Trinajstić information content (AvgIpc) is 3.37. The Morgan fingerprint density at radius 2 is 1.82 bits per heavy atom. The SMILES string of the molecule is COc1ccc(-c2csc(C(=O)Nc3cccc(F)c3)c2-n2cccc2)cc1. The Hall–Kier alpha value is -3.38. The van der Waals surface area contributed by atoms with Crippen molar-refractivity contribution in [2.24, 2.45) is 0 Å². The molecule has 2 aromatic carbocycles. The number of nitrogens with one attached hydrogen (secondary N) is 1. The first-order chi connectivity index (χ1) is 13.7. The molecule has 0 saturated carbocycles. The van der Waals surface area contributed by atoms with E-state index in [1.165, 1.54) is 23.5 Å². The van der Waals surface area contributed by atoms with Crippen LogP contribution in [0.15, 0.2) is 78.4 Å². The molecular weight excluding hydrogens is 375 g/mol. The Kier molecular flexibility index (Phi) is 4.95. The second kappa shape index (κ2) is 7.70. The van der Waals surface area contributed by atoms with Crippen molar-refractivity contribution in [3.8, 4) is 22.6 Å². The smallest absolute Gasteiger partial charge is 0.267 e. The number of methoxy groups -OCH3 is 1. The number of carbonyl (C=O) groups is 1. The molecule has 4 nitrogen and oxygen atoms in total. The quantitative estimate of drug-likeness (QED) is 0.480. The van der Waals surface area contributed by atoms with Crippen molar-refractivity contribution in [2.75, 3.05) is 12.4 Å². The summed E-state index contributed by atoms with van der Waals surface area (Å²) in [6, 6.07) is 17.4. The van der Waals surface area contributed by atoms with Crippen LogP contribution in [0, 0.1) is 5.82 Å². The van der Waals surface area contributed by atoms with Crippen molar-refractivity contribution in [3.05, 3.63) is 89.1 Å². The fraction of sp³-hybridized carbons (Fsp3) is 0.0455. The van der Waals surface area contributed by atoms with Crippen molar-refractivity contribution in [2.45, 2.75) is 0 Å². The third-order valence-corrected chi connectivity index (χ3v) is 5.29. The average molecular weight is 392 g/mol. The van der Waals surface area contributed by atoms with Crippen LogP contribution in [0.4, 0.5) is 10.1 Å². The molecule has 0 atom stereocenters. The fourth-order valence-electron chi connectivity index (χ4n) is 2.98. The molecule has 0 radical (unpaired) electrons. The number of nitrogens with zero attached hydrogens (tertiary/aromatic N) is 1. The predicted octanol–water partition coefficient (Wildman–Crippen LogP) is 5.61. The molecule has 2 aromatic heterocycles. The van der Waals surface area contributed by atoms with Crippen LogP contribution < -0.4 is 10.1 Å². The minimum Gasteiger partial charge on any atom is -0.497 e. The highest BCUT2D eigenvalue weighted by molar-refractivity contribution is 7.13. The van der Waals surface area contributed by atoms with Gasteiger partial charge in [0.25, 0.3) is 5.91 Å². The molecule has 28 heavy (non-hydrogen) atoms. The van der Waals surface area contributed by atoms with E-state index in [9.17, 15) is 9.18 Å². The Labute approximate surface area is 165 Å². The van der Waals surface area contributed by atoms with Gasteiger partial charge in [0.2, 0.25) is 0 Å². The highest BCUT2D eigenvalue weighted by Crippen LogP contribution is 2.36. The molecule has 4 aromatic rings. The number of rotatable bonds is 5. The molecule has 1 amide bonds. The maximum Gasteiger partial charge on any atom is 0.267 e. The van der Waals surface area contributed by atoms with Crippen LogP contribution in [0.2, 0.25) is 0 Å². The summed E-state index contributed by atoms with van der Waals surface area (Å²) in [4.78, 5) is 13.5. The maximum absolute atomic E-state index is 13.4. The van der Waals surface area contributed by atoms with Gasteiger partial charge in [-0.15, -0.1) is 11.3 Å². The van der Waals surface area contributed by atoms with Gasteiger partial charge in [0.05, 0.1) is 12.8 Å². The molecule has 0 bridgehead atoms. The zero-order chi connectivity index (χ0) is 19.5. The van der Waals surface area contributed by atoms with Gasteiger partial charge >= 0.3 is 0 Å². The van der Waals surface area contributed by atoms with E-state index in [2.05, 4.69) is 5.32 Å². The van der Waals surface area contributed by atoms with Crippen molar-refractivity contribution in [1.82, 2.24) is 4.57 Å². The summed E-state index contributed by atoms with van der Waals surface area (Å²) in [7, 11) is 1.62. The number of amides is 1. The summed E-state index contributed by atoms with van der Waals surface area (Å²) in [5, 5.41) is 4.74. The number of aromatic nitrogens is 1. The lowest BCUT2D eigenvalue weighted by molar-refractivity contribution is 0.103. The van der Waals surface area contributed by atoms with Crippen LogP contribution in [0.25, 0.3) is 16.8 Å².